The first kappa shape index (κ1) is 14.4. The van der Waals surface area contributed by atoms with Gasteiger partial charge in [-0.2, -0.15) is 5.26 Å². The first-order chi connectivity index (χ1) is 6.72. The van der Waals surface area contributed by atoms with Crippen LogP contribution in [0.2, 0.25) is 0 Å². The zero-order chi connectivity index (χ0) is 12.1. The fourth-order valence-electron chi connectivity index (χ4n) is 1.02. The molecule has 1 fully saturated rings. The predicted octanol–water partition coefficient (Wildman–Crippen LogP) is -0.747. The Hall–Kier alpha value is -0.605. The molecule has 84 valence electrons. The minimum Gasteiger partial charge on any atom is -0.392 e. The second kappa shape index (κ2) is 5.47. The summed E-state index contributed by atoms with van der Waals surface area (Å²) in [5.74, 6) is -1.50. The predicted molar refractivity (Wildman–Crippen MR) is 53.8 cm³/mol. The number of rotatable bonds is 1. The summed E-state index contributed by atoms with van der Waals surface area (Å²) in [6, 6.07) is 1.52. The molecule has 1 heterocycles. The van der Waals surface area contributed by atoms with Crippen molar-refractivity contribution in [1.29, 1.82) is 5.26 Å². The van der Waals surface area contributed by atoms with Gasteiger partial charge in [0.2, 0.25) is 0 Å². The fraction of sp³-hybridized carbons (Fsp3) is 0.889. The minimum absolute atomic E-state index is 0.267. The van der Waals surface area contributed by atoms with Crippen molar-refractivity contribution in [1.82, 2.24) is 0 Å². The van der Waals surface area contributed by atoms with Crippen molar-refractivity contribution in [3.8, 4) is 6.07 Å². The van der Waals surface area contributed by atoms with Gasteiger partial charge in [-0.25, -0.2) is 0 Å². The van der Waals surface area contributed by atoms with E-state index in [9.17, 15) is 0 Å². The molecule has 0 spiro atoms. The van der Waals surface area contributed by atoms with Crippen LogP contribution in [0.15, 0.2) is 0 Å². The number of aliphatic hydroxyl groups excluding tert-OH is 1. The van der Waals surface area contributed by atoms with Gasteiger partial charge in [-0.1, -0.05) is 0 Å². The number of nitrogens with zero attached hydrogens (tertiary/aromatic N) is 1. The van der Waals surface area contributed by atoms with Gasteiger partial charge in [-0.3, -0.25) is 0 Å². The van der Waals surface area contributed by atoms with Gasteiger partial charge in [-0.15, -0.1) is 0 Å². The Labute approximate surface area is 90.7 Å². The molecule has 0 aromatic rings. The van der Waals surface area contributed by atoms with Gasteiger partial charge in [0.1, 0.15) is 13.9 Å². The highest BCUT2D eigenvalue weighted by molar-refractivity contribution is 6.11. The van der Waals surface area contributed by atoms with Gasteiger partial charge in [0, 0.05) is 6.00 Å². The summed E-state index contributed by atoms with van der Waals surface area (Å²) < 4.78 is 5.01. The lowest BCUT2D eigenvalue weighted by atomic mass is 9.95. The van der Waals surface area contributed by atoms with Crippen molar-refractivity contribution in [2.24, 2.45) is 0 Å². The Morgan fingerprint density at radius 2 is 2.07 bits per heavy atom. The minimum atomic E-state index is -1.50. The quantitative estimate of drug-likeness (QED) is 0.393. The number of hydrogen-bond acceptors (Lipinski definition) is 5. The summed E-state index contributed by atoms with van der Waals surface area (Å²) >= 11 is 0. The molecular weight excluding hydrogens is 197 g/mol. The summed E-state index contributed by atoms with van der Waals surface area (Å²) in [6.07, 6.45) is 1.18. The Morgan fingerprint density at radius 1 is 1.60 bits per heavy atom. The van der Waals surface area contributed by atoms with E-state index >= 15 is 0 Å². The first-order valence-electron chi connectivity index (χ1n) is 4.63. The second-order valence-corrected chi connectivity index (χ2v) is 3.95. The lowest BCUT2D eigenvalue weighted by molar-refractivity contribution is -0.127. The monoisotopic (exact) mass is 213 g/mol. The summed E-state index contributed by atoms with van der Waals surface area (Å²) in [5.41, 5.74) is -1.01. The van der Waals surface area contributed by atoms with Crippen LogP contribution >= 0.6 is 0 Å². The largest absolute Gasteiger partial charge is 0.392 e. The van der Waals surface area contributed by atoms with Crippen molar-refractivity contribution in [3.63, 3.8) is 0 Å². The highest BCUT2D eigenvalue weighted by Crippen LogP contribution is 2.27. The SMILES string of the molecule is CC(C)(O)O.[B][C@H]1CC[C@@](C#N)(CO)O1. The van der Waals surface area contributed by atoms with Crippen LogP contribution < -0.4 is 0 Å². The average molecular weight is 213 g/mol. The van der Waals surface area contributed by atoms with E-state index in [0.29, 0.717) is 12.8 Å². The lowest BCUT2D eigenvalue weighted by Gasteiger charge is -2.17. The van der Waals surface area contributed by atoms with E-state index in [-0.39, 0.29) is 12.6 Å². The highest BCUT2D eigenvalue weighted by atomic mass is 16.5. The van der Waals surface area contributed by atoms with E-state index in [0.717, 1.165) is 0 Å². The fourth-order valence-corrected chi connectivity index (χ4v) is 1.02. The summed E-state index contributed by atoms with van der Waals surface area (Å²) in [4.78, 5) is 0. The Balaban J connectivity index is 0.000000336. The molecule has 0 unspecified atom stereocenters. The van der Waals surface area contributed by atoms with Gasteiger partial charge in [-0.05, 0) is 26.7 Å². The standard InChI is InChI=1S/C6H8BNO2.C3H8O2/c7-5-1-2-6(3-8,4-9)10-5;1-3(2,4)5/h5,9H,1-2,4H2;4-5H,1-2H3/t5-,6-;/m1./s1. The molecule has 0 aliphatic carbocycles. The van der Waals surface area contributed by atoms with Crippen molar-refractivity contribution in [2.45, 2.75) is 44.1 Å². The summed E-state index contributed by atoms with van der Waals surface area (Å²) in [6.45, 7) is 2.33. The molecule has 0 bridgehead atoms. The molecule has 5 nitrogen and oxygen atoms in total. The molecule has 0 amide bonds. The maximum atomic E-state index is 8.73. The van der Waals surface area contributed by atoms with Gasteiger partial charge in [0.15, 0.2) is 11.4 Å². The van der Waals surface area contributed by atoms with Crippen molar-refractivity contribution >= 4 is 7.85 Å². The highest BCUT2D eigenvalue weighted by Gasteiger charge is 2.37. The van der Waals surface area contributed by atoms with E-state index in [1.165, 1.54) is 13.8 Å². The lowest BCUT2D eigenvalue weighted by Crippen LogP contribution is -2.31. The molecular formula is C9H16BNO4. The van der Waals surface area contributed by atoms with Crippen molar-refractivity contribution < 1.29 is 20.1 Å². The van der Waals surface area contributed by atoms with Crippen LogP contribution in [0.5, 0.6) is 0 Å². The Morgan fingerprint density at radius 3 is 2.20 bits per heavy atom. The molecule has 15 heavy (non-hydrogen) atoms. The van der Waals surface area contributed by atoms with Crippen LogP contribution in [0.25, 0.3) is 0 Å². The normalized spacial score (nSPS) is 30.3. The molecule has 1 aliphatic rings. The third-order valence-corrected chi connectivity index (χ3v) is 1.67. The topological polar surface area (TPSA) is 93.7 Å². The summed E-state index contributed by atoms with van der Waals surface area (Å²) in [7, 11) is 5.38. The van der Waals surface area contributed by atoms with Crippen LogP contribution in [0.1, 0.15) is 26.7 Å². The van der Waals surface area contributed by atoms with Crippen LogP contribution in [0, 0.1) is 11.3 Å². The van der Waals surface area contributed by atoms with Crippen molar-refractivity contribution in [2.75, 3.05) is 6.61 Å². The third kappa shape index (κ3) is 6.47. The Kier molecular flexibility index (Phi) is 5.25. The van der Waals surface area contributed by atoms with E-state index in [2.05, 4.69) is 0 Å². The zero-order valence-corrected chi connectivity index (χ0v) is 8.97. The molecule has 3 N–H and O–H groups in total. The molecule has 0 saturated carbocycles. The van der Waals surface area contributed by atoms with Gasteiger partial charge >= 0.3 is 0 Å². The smallest absolute Gasteiger partial charge is 0.176 e. The number of nitriles is 1. The number of ether oxygens (including phenoxy) is 1. The molecule has 0 aromatic heterocycles. The number of hydrogen-bond donors (Lipinski definition) is 3. The van der Waals surface area contributed by atoms with E-state index in [1.807, 2.05) is 6.07 Å². The maximum absolute atomic E-state index is 8.73. The first-order valence-corrected chi connectivity index (χ1v) is 4.63. The van der Waals surface area contributed by atoms with Gasteiger partial charge in [0.05, 0.1) is 6.61 Å². The van der Waals surface area contributed by atoms with Gasteiger partial charge in [0.25, 0.3) is 0 Å². The Bertz CT molecular complexity index is 229. The van der Waals surface area contributed by atoms with Crippen LogP contribution in [0.3, 0.4) is 0 Å². The third-order valence-electron chi connectivity index (χ3n) is 1.67. The van der Waals surface area contributed by atoms with Gasteiger partial charge < -0.3 is 20.1 Å². The molecule has 6 heteroatoms. The second-order valence-electron chi connectivity index (χ2n) is 3.95. The van der Waals surface area contributed by atoms with E-state index in [4.69, 9.17) is 33.2 Å². The van der Waals surface area contributed by atoms with Crippen LogP contribution in [-0.2, 0) is 4.74 Å². The molecule has 1 aliphatic heterocycles. The molecule has 2 radical (unpaired) electrons. The summed E-state index contributed by atoms with van der Waals surface area (Å²) in [5, 5.41) is 33.4. The maximum Gasteiger partial charge on any atom is 0.176 e. The molecule has 0 aromatic carbocycles. The van der Waals surface area contributed by atoms with Crippen molar-refractivity contribution in [3.05, 3.63) is 0 Å². The molecule has 2 atom stereocenters. The molecule has 1 rings (SSSR count). The molecule has 1 saturated heterocycles. The van der Waals surface area contributed by atoms with E-state index < -0.39 is 11.4 Å². The average Bonchev–Trinajstić information content (AvgIpc) is 2.45. The zero-order valence-electron chi connectivity index (χ0n) is 8.97. The van der Waals surface area contributed by atoms with Crippen LogP contribution in [-0.4, -0.2) is 47.2 Å². The number of aliphatic hydroxyl groups is 3. The van der Waals surface area contributed by atoms with E-state index in [1.54, 1.807) is 0 Å². The van der Waals surface area contributed by atoms with Crippen LogP contribution in [0.4, 0.5) is 0 Å².